The van der Waals surface area contributed by atoms with E-state index in [9.17, 15) is 13.2 Å². The molecule has 1 aliphatic heterocycles. The maximum absolute atomic E-state index is 12.3. The first-order chi connectivity index (χ1) is 10.2. The third-order valence-corrected chi connectivity index (χ3v) is 4.54. The quantitative estimate of drug-likeness (QED) is 0.809. The van der Waals surface area contributed by atoms with E-state index in [-0.39, 0.29) is 0 Å². The van der Waals surface area contributed by atoms with Crippen LogP contribution in [0.1, 0.15) is 19.4 Å². The van der Waals surface area contributed by atoms with Crippen molar-refractivity contribution in [3.8, 4) is 0 Å². The van der Waals surface area contributed by atoms with E-state index in [1.165, 1.54) is 11.8 Å². The number of thiocarbonyl (C=S) groups is 1. The van der Waals surface area contributed by atoms with E-state index in [1.54, 1.807) is 24.3 Å². The molecule has 2 rings (SSSR count). The molecule has 1 aromatic rings. The van der Waals surface area contributed by atoms with Crippen molar-refractivity contribution in [1.29, 1.82) is 0 Å². The summed E-state index contributed by atoms with van der Waals surface area (Å²) in [7, 11) is 0. The second kappa shape index (κ2) is 6.45. The largest absolute Gasteiger partial charge is 0.405 e. The predicted molar refractivity (Wildman–Crippen MR) is 89.5 cm³/mol. The molecule has 22 heavy (non-hydrogen) atoms. The molecule has 1 heterocycles. The van der Waals surface area contributed by atoms with Crippen LogP contribution in [0.2, 0.25) is 0 Å². The molecule has 1 aliphatic rings. The molecule has 0 aromatic heterocycles. The van der Waals surface area contributed by atoms with Crippen LogP contribution in [0.3, 0.4) is 0 Å². The minimum Gasteiger partial charge on any atom is -0.376 e. The summed E-state index contributed by atoms with van der Waals surface area (Å²) in [5, 5.41) is 6.16. The molecule has 0 saturated heterocycles. The lowest BCUT2D eigenvalue weighted by molar-refractivity contribution is -0.115. The Kier molecular flexibility index (Phi) is 5.01. The number of anilines is 1. The molecule has 120 valence electrons. The van der Waals surface area contributed by atoms with Gasteiger partial charge in [-0.25, -0.2) is 4.99 Å². The van der Waals surface area contributed by atoms with E-state index in [4.69, 9.17) is 12.2 Å². The van der Waals surface area contributed by atoms with Crippen LogP contribution in [0.5, 0.6) is 0 Å². The fourth-order valence-corrected chi connectivity index (χ4v) is 3.03. The SMILES string of the molecule is CC1(C)N=C(SCc2ccccc2NCC(F)(F)F)NC1=S. The zero-order valence-electron chi connectivity index (χ0n) is 12.1. The van der Waals surface area contributed by atoms with Crippen molar-refractivity contribution in [3.05, 3.63) is 29.8 Å². The number of halogens is 3. The van der Waals surface area contributed by atoms with Gasteiger partial charge in [-0.3, -0.25) is 0 Å². The van der Waals surface area contributed by atoms with Crippen molar-refractivity contribution in [2.24, 2.45) is 4.99 Å². The van der Waals surface area contributed by atoms with Crippen LogP contribution in [0.25, 0.3) is 0 Å². The third kappa shape index (κ3) is 4.61. The standard InChI is InChI=1S/C14H16F3N3S2/c1-13(2)11(21)19-12(20-13)22-7-9-5-3-4-6-10(9)18-8-14(15,16)17/h3-6,18H,7-8H2,1-2H3,(H,19,20,21). The number of hydrogen-bond acceptors (Lipinski definition) is 4. The number of alkyl halides is 3. The zero-order chi connectivity index (χ0) is 16.4. The highest BCUT2D eigenvalue weighted by molar-refractivity contribution is 8.13. The first-order valence-corrected chi connectivity index (χ1v) is 7.99. The van der Waals surface area contributed by atoms with Crippen LogP contribution in [-0.4, -0.2) is 28.4 Å². The van der Waals surface area contributed by atoms with Crippen LogP contribution in [0.4, 0.5) is 18.9 Å². The molecule has 0 radical (unpaired) electrons. The average Bonchev–Trinajstić information content (AvgIpc) is 2.67. The summed E-state index contributed by atoms with van der Waals surface area (Å²) in [5.41, 5.74) is 0.843. The van der Waals surface area contributed by atoms with Crippen molar-refractivity contribution < 1.29 is 13.2 Å². The number of aliphatic imine (C=N–C) groups is 1. The number of hydrogen-bond donors (Lipinski definition) is 2. The van der Waals surface area contributed by atoms with Crippen LogP contribution in [-0.2, 0) is 5.75 Å². The van der Waals surface area contributed by atoms with Gasteiger partial charge in [-0.05, 0) is 25.5 Å². The lowest BCUT2D eigenvalue weighted by Gasteiger charge is -2.13. The minimum absolute atomic E-state index is 0.425. The Morgan fingerprint density at radius 3 is 2.59 bits per heavy atom. The number of nitrogens with zero attached hydrogens (tertiary/aromatic N) is 1. The van der Waals surface area contributed by atoms with E-state index in [0.29, 0.717) is 21.6 Å². The van der Waals surface area contributed by atoms with E-state index < -0.39 is 18.3 Å². The average molecular weight is 347 g/mol. The molecule has 0 saturated carbocycles. The Hall–Kier alpha value is -1.28. The molecule has 0 unspecified atom stereocenters. The topological polar surface area (TPSA) is 36.4 Å². The summed E-state index contributed by atoms with van der Waals surface area (Å²) >= 11 is 6.62. The number of benzene rings is 1. The van der Waals surface area contributed by atoms with Gasteiger partial charge < -0.3 is 10.6 Å². The van der Waals surface area contributed by atoms with Crippen LogP contribution in [0, 0.1) is 0 Å². The second-order valence-corrected chi connectivity index (χ2v) is 6.72. The normalized spacial score (nSPS) is 17.1. The Bertz CT molecular complexity index is 597. The fraction of sp³-hybridized carbons (Fsp3) is 0.429. The number of para-hydroxylation sites is 1. The summed E-state index contributed by atoms with van der Waals surface area (Å²) in [5.74, 6) is 0.506. The molecule has 0 atom stereocenters. The van der Waals surface area contributed by atoms with Crippen molar-refractivity contribution in [3.63, 3.8) is 0 Å². The van der Waals surface area contributed by atoms with Crippen molar-refractivity contribution in [2.45, 2.75) is 31.3 Å². The summed E-state index contributed by atoms with van der Waals surface area (Å²) in [4.78, 5) is 5.11. The highest BCUT2D eigenvalue weighted by Crippen LogP contribution is 2.26. The van der Waals surface area contributed by atoms with Crippen LogP contribution >= 0.6 is 24.0 Å². The minimum atomic E-state index is -4.24. The molecule has 0 aliphatic carbocycles. The van der Waals surface area contributed by atoms with Crippen molar-refractivity contribution >= 4 is 39.8 Å². The highest BCUT2D eigenvalue weighted by atomic mass is 32.2. The van der Waals surface area contributed by atoms with Gasteiger partial charge in [0, 0.05) is 11.4 Å². The van der Waals surface area contributed by atoms with E-state index >= 15 is 0 Å². The molecule has 0 bridgehead atoms. The first kappa shape index (κ1) is 17.1. The summed E-state index contributed by atoms with van der Waals surface area (Å²) in [6.07, 6.45) is -4.24. The summed E-state index contributed by atoms with van der Waals surface area (Å²) < 4.78 is 37.0. The Labute approximate surface area is 136 Å². The van der Waals surface area contributed by atoms with Crippen molar-refractivity contribution in [1.82, 2.24) is 5.32 Å². The molecular formula is C14H16F3N3S2. The predicted octanol–water partition coefficient (Wildman–Crippen LogP) is 3.96. The van der Waals surface area contributed by atoms with Gasteiger partial charge in [0.25, 0.3) is 0 Å². The van der Waals surface area contributed by atoms with E-state index in [1.807, 2.05) is 13.8 Å². The number of nitrogens with one attached hydrogen (secondary N) is 2. The van der Waals surface area contributed by atoms with E-state index in [0.717, 1.165) is 5.56 Å². The highest BCUT2D eigenvalue weighted by Gasteiger charge is 2.30. The monoisotopic (exact) mass is 347 g/mol. The van der Waals surface area contributed by atoms with Crippen LogP contribution in [0.15, 0.2) is 29.3 Å². The Balaban J connectivity index is 2.00. The van der Waals surface area contributed by atoms with Crippen molar-refractivity contribution in [2.75, 3.05) is 11.9 Å². The molecule has 0 spiro atoms. The Morgan fingerprint density at radius 1 is 1.32 bits per heavy atom. The zero-order valence-corrected chi connectivity index (χ0v) is 13.8. The van der Waals surface area contributed by atoms with Crippen LogP contribution < -0.4 is 10.6 Å². The smallest absolute Gasteiger partial charge is 0.376 e. The van der Waals surface area contributed by atoms with Gasteiger partial charge >= 0.3 is 6.18 Å². The summed E-state index contributed by atoms with van der Waals surface area (Å²) in [6.45, 7) is 2.77. The van der Waals surface area contributed by atoms with Gasteiger partial charge in [0.15, 0.2) is 5.17 Å². The number of amidine groups is 1. The molecule has 3 nitrogen and oxygen atoms in total. The molecule has 0 amide bonds. The first-order valence-electron chi connectivity index (χ1n) is 6.60. The molecule has 8 heteroatoms. The lowest BCUT2D eigenvalue weighted by atomic mass is 10.1. The fourth-order valence-electron chi connectivity index (χ4n) is 1.81. The molecule has 1 aromatic carbocycles. The number of thioether (sulfide) groups is 1. The Morgan fingerprint density at radius 2 is 2.00 bits per heavy atom. The maximum atomic E-state index is 12.3. The second-order valence-electron chi connectivity index (χ2n) is 5.34. The molecule has 2 N–H and O–H groups in total. The van der Waals surface area contributed by atoms with Gasteiger partial charge in [-0.15, -0.1) is 0 Å². The van der Waals surface area contributed by atoms with Gasteiger partial charge in [0.05, 0.1) is 0 Å². The molecule has 0 fully saturated rings. The third-order valence-electron chi connectivity index (χ3n) is 3.02. The lowest BCUT2D eigenvalue weighted by Crippen LogP contribution is -2.32. The van der Waals surface area contributed by atoms with Gasteiger partial charge in [0.2, 0.25) is 0 Å². The maximum Gasteiger partial charge on any atom is 0.405 e. The van der Waals surface area contributed by atoms with Gasteiger partial charge in [-0.1, -0.05) is 42.2 Å². The van der Waals surface area contributed by atoms with E-state index in [2.05, 4.69) is 15.6 Å². The van der Waals surface area contributed by atoms with Gasteiger partial charge in [0.1, 0.15) is 17.1 Å². The van der Waals surface area contributed by atoms with Gasteiger partial charge in [-0.2, -0.15) is 13.2 Å². The molecular weight excluding hydrogens is 331 g/mol. The number of rotatable bonds is 4. The summed E-state index contributed by atoms with van der Waals surface area (Å²) in [6, 6.07) is 6.94.